The van der Waals surface area contributed by atoms with Crippen molar-refractivity contribution in [3.63, 3.8) is 0 Å². The molecule has 0 aromatic rings. The first-order valence-electron chi connectivity index (χ1n) is 31.4. The Hall–Kier alpha value is -3.10. The lowest BCUT2D eigenvalue weighted by Crippen LogP contribution is -2.45. The third-order valence-electron chi connectivity index (χ3n) is 13.4. The molecular formula is C68H119N2O6P. The molecule has 0 aliphatic carbocycles. The number of amides is 1. The topological polar surface area (TPSA) is 108 Å². The summed E-state index contributed by atoms with van der Waals surface area (Å²) in [6.45, 7) is 4.50. The number of carbonyl (C=O) groups is 1. The van der Waals surface area contributed by atoms with Crippen LogP contribution in [0.2, 0.25) is 0 Å². The Balaban J connectivity index is 4.27. The predicted molar refractivity (Wildman–Crippen MR) is 334 cm³/mol. The van der Waals surface area contributed by atoms with Crippen LogP contribution in [0.1, 0.15) is 251 Å². The van der Waals surface area contributed by atoms with Gasteiger partial charge in [0.1, 0.15) is 13.2 Å². The van der Waals surface area contributed by atoms with Gasteiger partial charge in [0, 0.05) is 6.42 Å². The molecule has 2 N–H and O–H groups in total. The van der Waals surface area contributed by atoms with Crippen LogP contribution in [-0.4, -0.2) is 68.5 Å². The van der Waals surface area contributed by atoms with Gasteiger partial charge in [-0.05, 0) is 103 Å². The molecule has 0 fully saturated rings. The molecule has 77 heavy (non-hydrogen) atoms. The molecule has 0 radical (unpaired) electrons. The van der Waals surface area contributed by atoms with Gasteiger partial charge in [-0.15, -0.1) is 0 Å². The molecule has 1 amide bonds. The number of phosphoric ester groups is 1. The number of aliphatic hydroxyl groups is 1. The Morgan fingerprint density at radius 1 is 0.468 bits per heavy atom. The van der Waals surface area contributed by atoms with E-state index >= 15 is 0 Å². The summed E-state index contributed by atoms with van der Waals surface area (Å²) >= 11 is 0. The zero-order chi connectivity index (χ0) is 56.3. The number of aliphatic hydroxyl groups excluding tert-OH is 1. The predicted octanol–water partition coefficient (Wildman–Crippen LogP) is 19.1. The third-order valence-corrected chi connectivity index (χ3v) is 14.3. The number of phosphoric acid groups is 1. The molecule has 0 rings (SSSR count). The maximum absolute atomic E-state index is 13.0. The second-order valence-electron chi connectivity index (χ2n) is 22.0. The maximum atomic E-state index is 13.0. The van der Waals surface area contributed by atoms with Crippen LogP contribution in [-0.2, 0) is 18.4 Å². The van der Waals surface area contributed by atoms with E-state index in [1.54, 1.807) is 6.08 Å². The molecule has 3 unspecified atom stereocenters. The van der Waals surface area contributed by atoms with Gasteiger partial charge in [0.05, 0.1) is 39.9 Å². The summed E-state index contributed by atoms with van der Waals surface area (Å²) in [5, 5.41) is 13.9. The van der Waals surface area contributed by atoms with Crippen molar-refractivity contribution in [2.75, 3.05) is 40.9 Å². The molecule has 0 bridgehead atoms. The van der Waals surface area contributed by atoms with Gasteiger partial charge in [0.25, 0.3) is 7.82 Å². The van der Waals surface area contributed by atoms with Gasteiger partial charge in [-0.25, -0.2) is 0 Å². The molecule has 0 aromatic carbocycles. The highest BCUT2D eigenvalue weighted by Gasteiger charge is 2.23. The molecule has 0 aliphatic rings. The molecule has 0 saturated heterocycles. The van der Waals surface area contributed by atoms with Gasteiger partial charge in [0.15, 0.2) is 0 Å². The summed E-state index contributed by atoms with van der Waals surface area (Å²) in [5.74, 6) is -0.222. The summed E-state index contributed by atoms with van der Waals surface area (Å²) < 4.78 is 23.4. The number of likely N-dealkylation sites (N-methyl/N-ethyl adjacent to an activating group) is 1. The molecule has 0 aromatic heterocycles. The fraction of sp³-hybridized carbons (Fsp3) is 0.691. The van der Waals surface area contributed by atoms with Crippen LogP contribution in [0.4, 0.5) is 0 Å². The van der Waals surface area contributed by atoms with Crippen molar-refractivity contribution in [3.8, 4) is 0 Å². The van der Waals surface area contributed by atoms with E-state index in [4.69, 9.17) is 9.05 Å². The van der Waals surface area contributed by atoms with Crippen LogP contribution in [0.3, 0.4) is 0 Å². The van der Waals surface area contributed by atoms with Crippen LogP contribution >= 0.6 is 7.82 Å². The molecule has 8 nitrogen and oxygen atoms in total. The first kappa shape index (κ1) is 73.9. The minimum absolute atomic E-state index is 0.0163. The molecule has 9 heteroatoms. The fourth-order valence-electron chi connectivity index (χ4n) is 8.52. The largest absolute Gasteiger partial charge is 0.756 e. The number of carbonyl (C=O) groups excluding carboxylic acids is 1. The molecule has 0 aliphatic heterocycles. The quantitative estimate of drug-likeness (QED) is 0.0272. The number of nitrogens with one attached hydrogen (secondary N) is 1. The average Bonchev–Trinajstić information content (AvgIpc) is 3.39. The van der Waals surface area contributed by atoms with Crippen molar-refractivity contribution in [2.24, 2.45) is 0 Å². The molecule has 442 valence electrons. The summed E-state index contributed by atoms with van der Waals surface area (Å²) in [7, 11) is 1.22. The van der Waals surface area contributed by atoms with Crippen LogP contribution in [0.15, 0.2) is 122 Å². The van der Waals surface area contributed by atoms with E-state index in [1.807, 2.05) is 27.2 Å². The summed E-state index contributed by atoms with van der Waals surface area (Å²) in [5.41, 5.74) is 0. The van der Waals surface area contributed by atoms with E-state index in [1.165, 1.54) is 128 Å². The zero-order valence-corrected chi connectivity index (χ0v) is 51.3. The molecule has 0 heterocycles. The summed E-state index contributed by atoms with van der Waals surface area (Å²) in [6, 6.07) is -0.923. The fourth-order valence-corrected chi connectivity index (χ4v) is 9.24. The van der Waals surface area contributed by atoms with Crippen molar-refractivity contribution in [1.29, 1.82) is 0 Å². The number of hydrogen-bond donors (Lipinski definition) is 2. The van der Waals surface area contributed by atoms with Gasteiger partial charge in [0.2, 0.25) is 5.91 Å². The Kier molecular flexibility index (Phi) is 55.3. The van der Waals surface area contributed by atoms with Crippen molar-refractivity contribution >= 4 is 13.7 Å². The Morgan fingerprint density at radius 2 is 0.805 bits per heavy atom. The van der Waals surface area contributed by atoms with E-state index in [2.05, 4.69) is 129 Å². The number of allylic oxidation sites excluding steroid dienone is 19. The van der Waals surface area contributed by atoms with Gasteiger partial charge < -0.3 is 28.8 Å². The highest BCUT2D eigenvalue weighted by molar-refractivity contribution is 7.45. The van der Waals surface area contributed by atoms with Crippen molar-refractivity contribution in [2.45, 2.75) is 264 Å². The molecule has 3 atom stereocenters. The maximum Gasteiger partial charge on any atom is 0.268 e. The molecule has 0 spiro atoms. The van der Waals surface area contributed by atoms with E-state index in [-0.39, 0.29) is 12.5 Å². The zero-order valence-electron chi connectivity index (χ0n) is 50.4. The van der Waals surface area contributed by atoms with E-state index in [0.29, 0.717) is 17.4 Å². The number of nitrogens with zero attached hydrogens (tertiary/aromatic N) is 1. The smallest absolute Gasteiger partial charge is 0.268 e. The second-order valence-corrected chi connectivity index (χ2v) is 23.4. The van der Waals surface area contributed by atoms with Gasteiger partial charge >= 0.3 is 0 Å². The lowest BCUT2D eigenvalue weighted by atomic mass is 10.0. The molecular weight excluding hydrogens is 972 g/mol. The average molecular weight is 1090 g/mol. The van der Waals surface area contributed by atoms with E-state index < -0.39 is 26.6 Å². The van der Waals surface area contributed by atoms with Crippen LogP contribution in [0.5, 0.6) is 0 Å². The lowest BCUT2D eigenvalue weighted by molar-refractivity contribution is -0.870. The minimum atomic E-state index is -4.62. The minimum Gasteiger partial charge on any atom is -0.756 e. The van der Waals surface area contributed by atoms with Crippen LogP contribution in [0.25, 0.3) is 0 Å². The first-order valence-corrected chi connectivity index (χ1v) is 32.9. The van der Waals surface area contributed by atoms with E-state index in [0.717, 1.165) is 103 Å². The second kappa shape index (κ2) is 57.6. The lowest BCUT2D eigenvalue weighted by Gasteiger charge is -2.29. The van der Waals surface area contributed by atoms with E-state index in [9.17, 15) is 19.4 Å². The van der Waals surface area contributed by atoms with Gasteiger partial charge in [-0.1, -0.05) is 264 Å². The van der Waals surface area contributed by atoms with Crippen molar-refractivity contribution < 1.29 is 32.9 Å². The number of unbranched alkanes of at least 4 members (excludes halogenated alkanes) is 25. The Bertz CT molecular complexity index is 1670. The SMILES string of the molecule is CC/C=C\C/C=C\C/C=C\C/C=C\C/C=C\C/C=C\C/C=C\CCCCCCCCCCCC(=O)NC(COP(=O)([O-])OCC[N+](C)(C)C)C(O)/C=C/CC/C=C/CC/C=C/CCCCCCCCCCCCCCCC. The van der Waals surface area contributed by atoms with Crippen LogP contribution in [0, 0.1) is 0 Å². The monoisotopic (exact) mass is 1090 g/mol. The Labute approximate surface area is 475 Å². The molecule has 0 saturated carbocycles. The Morgan fingerprint density at radius 3 is 1.21 bits per heavy atom. The normalized spacial score (nSPS) is 14.6. The summed E-state index contributed by atoms with van der Waals surface area (Å²) in [4.78, 5) is 25.6. The number of rotatable bonds is 56. The van der Waals surface area contributed by atoms with Crippen molar-refractivity contribution in [3.05, 3.63) is 122 Å². The van der Waals surface area contributed by atoms with Crippen molar-refractivity contribution in [1.82, 2.24) is 5.32 Å². The number of hydrogen-bond acceptors (Lipinski definition) is 6. The van der Waals surface area contributed by atoms with Gasteiger partial charge in [-0.2, -0.15) is 0 Å². The highest BCUT2D eigenvalue weighted by atomic mass is 31.2. The highest BCUT2D eigenvalue weighted by Crippen LogP contribution is 2.38. The standard InChI is InChI=1S/C68H119N2O6P/c1-6-8-10-12-14-16-18-20-22-24-26-28-30-32-33-34-35-36-37-38-40-42-44-46-48-50-52-54-56-58-60-62-68(72)69-66(65-76-77(73,74)75-64-63-70(3,4)5)67(71)61-59-57-55-53-51-49-47-45-43-41-39-31-29-27-25-23-21-19-17-15-13-11-9-7-2/h8,10,14,16,20,22,26,28,32-33,35-36,38,40,43,45,51,53,59,61,66-67,71H,6-7,9,11-13,15,17-19,21,23-25,27,29-31,34,37,39,41-42,44,46-50,52,54-58,60,62-65H2,1-5H3,(H-,69,72,73,74)/b10-8-,16-14-,22-20-,28-26-,33-32-,36-35-,40-38-,45-43+,53-51+,61-59+. The summed E-state index contributed by atoms with van der Waals surface area (Å²) in [6.07, 6.45) is 85.7. The third kappa shape index (κ3) is 60.4. The first-order chi connectivity index (χ1) is 37.5. The van der Waals surface area contributed by atoms with Crippen LogP contribution < -0.4 is 10.2 Å². The number of quaternary nitrogens is 1. The van der Waals surface area contributed by atoms with Gasteiger partial charge in [-0.3, -0.25) is 9.36 Å².